The molecule has 4 aromatic carbocycles. The number of aliphatic hydroxyl groups is 1. The molecule has 7 heteroatoms. The SMILES string of the molecule is Oc1ccc([C@@H]2[C@@H](CCCC(O)c3ccc(F)cc3)NC(=S)N2c2ccc(-c3ccccc3)cc2)c(O)c1. The molecule has 1 unspecified atom stereocenters. The number of benzene rings is 4. The van der Waals surface area contributed by atoms with Gasteiger partial charge in [0.25, 0.3) is 0 Å². The summed E-state index contributed by atoms with van der Waals surface area (Å²) in [6.45, 7) is 0. The van der Waals surface area contributed by atoms with E-state index in [0.29, 0.717) is 35.5 Å². The van der Waals surface area contributed by atoms with Gasteiger partial charge in [0, 0.05) is 17.3 Å². The highest BCUT2D eigenvalue weighted by Crippen LogP contribution is 2.41. The summed E-state index contributed by atoms with van der Waals surface area (Å²) in [7, 11) is 0. The topological polar surface area (TPSA) is 76.0 Å². The Labute approximate surface area is 226 Å². The van der Waals surface area contributed by atoms with Gasteiger partial charge in [0.15, 0.2) is 5.11 Å². The summed E-state index contributed by atoms with van der Waals surface area (Å²) in [5, 5.41) is 35.2. The normalized spacial score (nSPS) is 17.8. The lowest BCUT2D eigenvalue weighted by Crippen LogP contribution is -2.29. The minimum atomic E-state index is -0.703. The lowest BCUT2D eigenvalue weighted by Gasteiger charge is -2.29. The number of phenolic OH excluding ortho intramolecular Hbond substituents is 2. The van der Waals surface area contributed by atoms with Crippen molar-refractivity contribution in [1.82, 2.24) is 5.32 Å². The third kappa shape index (κ3) is 5.49. The first-order valence-electron chi connectivity index (χ1n) is 12.6. The number of nitrogens with one attached hydrogen (secondary N) is 1. The van der Waals surface area contributed by atoms with Gasteiger partial charge in [0.05, 0.1) is 18.2 Å². The second-order valence-electron chi connectivity index (χ2n) is 9.53. The quantitative estimate of drug-likeness (QED) is 0.193. The molecule has 1 heterocycles. The summed E-state index contributed by atoms with van der Waals surface area (Å²) in [5.41, 5.74) is 4.41. The number of hydrogen-bond acceptors (Lipinski definition) is 4. The summed E-state index contributed by atoms with van der Waals surface area (Å²) in [6.07, 6.45) is 1.14. The van der Waals surface area contributed by atoms with Gasteiger partial charge < -0.3 is 25.5 Å². The molecular formula is C31H29FN2O3S. The molecule has 4 N–H and O–H groups in total. The molecule has 5 rings (SSSR count). The number of nitrogens with zero attached hydrogens (tertiary/aromatic N) is 1. The molecule has 194 valence electrons. The van der Waals surface area contributed by atoms with Crippen molar-refractivity contribution in [2.45, 2.75) is 37.5 Å². The third-order valence-electron chi connectivity index (χ3n) is 7.02. The number of aliphatic hydroxyl groups excluding tert-OH is 1. The Hall–Kier alpha value is -3.94. The maximum Gasteiger partial charge on any atom is 0.174 e. The van der Waals surface area contributed by atoms with Crippen LogP contribution < -0.4 is 10.2 Å². The van der Waals surface area contributed by atoms with E-state index < -0.39 is 6.10 Å². The second-order valence-corrected chi connectivity index (χ2v) is 9.91. The monoisotopic (exact) mass is 528 g/mol. The van der Waals surface area contributed by atoms with Crippen LogP contribution in [0.5, 0.6) is 11.5 Å². The average molecular weight is 529 g/mol. The first kappa shape index (κ1) is 25.7. The smallest absolute Gasteiger partial charge is 0.174 e. The van der Waals surface area contributed by atoms with Crippen LogP contribution in [0, 0.1) is 5.82 Å². The molecule has 1 aliphatic rings. The zero-order valence-electron chi connectivity index (χ0n) is 20.7. The average Bonchev–Trinajstić information content (AvgIpc) is 3.25. The van der Waals surface area contributed by atoms with E-state index in [2.05, 4.69) is 17.4 Å². The summed E-state index contributed by atoms with van der Waals surface area (Å²) < 4.78 is 13.2. The van der Waals surface area contributed by atoms with Gasteiger partial charge in [-0.3, -0.25) is 0 Å². The Bertz CT molecular complexity index is 1400. The van der Waals surface area contributed by atoms with Crippen LogP contribution in [0.1, 0.15) is 42.5 Å². The number of aromatic hydroxyl groups is 2. The number of hydrogen-bond donors (Lipinski definition) is 4. The van der Waals surface area contributed by atoms with Gasteiger partial charge in [-0.15, -0.1) is 0 Å². The van der Waals surface area contributed by atoms with E-state index >= 15 is 0 Å². The van der Waals surface area contributed by atoms with Gasteiger partial charge in [-0.05, 0) is 84.6 Å². The molecule has 0 aromatic heterocycles. The zero-order valence-corrected chi connectivity index (χ0v) is 21.5. The van der Waals surface area contributed by atoms with Gasteiger partial charge in [-0.2, -0.15) is 0 Å². The van der Waals surface area contributed by atoms with E-state index in [1.165, 1.54) is 18.2 Å². The fraction of sp³-hybridized carbons (Fsp3) is 0.194. The Kier molecular flexibility index (Phi) is 7.58. The number of anilines is 1. The van der Waals surface area contributed by atoms with Crippen LogP contribution in [-0.2, 0) is 0 Å². The number of phenols is 2. The number of thiocarbonyl (C=S) groups is 1. The Morgan fingerprint density at radius 2 is 1.55 bits per heavy atom. The fourth-order valence-corrected chi connectivity index (χ4v) is 5.46. The van der Waals surface area contributed by atoms with E-state index in [-0.39, 0.29) is 29.4 Å². The summed E-state index contributed by atoms with van der Waals surface area (Å²) >= 11 is 5.76. The highest BCUT2D eigenvalue weighted by molar-refractivity contribution is 7.80. The Morgan fingerprint density at radius 1 is 0.868 bits per heavy atom. The number of rotatable bonds is 8. The van der Waals surface area contributed by atoms with Crippen molar-refractivity contribution in [2.24, 2.45) is 0 Å². The largest absolute Gasteiger partial charge is 0.508 e. The molecule has 5 nitrogen and oxygen atoms in total. The standard InChI is InChI=1S/C31H29FN2O3S/c32-23-13-9-22(10-14-23)28(36)8-4-7-27-30(26-18-17-25(35)19-29(26)37)34(31(38)33-27)24-15-11-21(12-16-24)20-5-2-1-3-6-20/h1-3,5-6,9-19,27-28,30,35-37H,4,7-8H2,(H,33,38)/t27-,28?,30-/m1/s1. The van der Waals surface area contributed by atoms with Gasteiger partial charge in [-0.25, -0.2) is 4.39 Å². The van der Waals surface area contributed by atoms with E-state index in [0.717, 1.165) is 16.8 Å². The molecule has 0 spiro atoms. The molecule has 0 amide bonds. The second kappa shape index (κ2) is 11.2. The van der Waals surface area contributed by atoms with Crippen molar-refractivity contribution >= 4 is 23.0 Å². The van der Waals surface area contributed by atoms with Crippen LogP contribution >= 0.6 is 12.2 Å². The lowest BCUT2D eigenvalue weighted by molar-refractivity contribution is 0.162. The molecule has 0 radical (unpaired) electrons. The van der Waals surface area contributed by atoms with Crippen LogP contribution in [0.3, 0.4) is 0 Å². The minimum absolute atomic E-state index is 0.0104. The van der Waals surface area contributed by atoms with E-state index in [1.807, 2.05) is 47.4 Å². The van der Waals surface area contributed by atoms with Crippen LogP contribution in [-0.4, -0.2) is 26.5 Å². The molecule has 4 aromatic rings. The summed E-state index contributed by atoms with van der Waals surface area (Å²) in [5.74, 6) is -0.362. The molecular weight excluding hydrogens is 499 g/mol. The zero-order chi connectivity index (χ0) is 26.6. The van der Waals surface area contributed by atoms with E-state index in [9.17, 15) is 19.7 Å². The summed E-state index contributed by atoms with van der Waals surface area (Å²) in [4.78, 5) is 2.00. The van der Waals surface area contributed by atoms with Gasteiger partial charge >= 0.3 is 0 Å². The molecule has 0 aliphatic carbocycles. The van der Waals surface area contributed by atoms with Crippen molar-refractivity contribution in [3.63, 3.8) is 0 Å². The van der Waals surface area contributed by atoms with Gasteiger partial charge in [0.2, 0.25) is 0 Å². The van der Waals surface area contributed by atoms with Crippen molar-refractivity contribution in [1.29, 1.82) is 0 Å². The lowest BCUT2D eigenvalue weighted by atomic mass is 9.93. The van der Waals surface area contributed by atoms with E-state index in [1.54, 1.807) is 24.3 Å². The van der Waals surface area contributed by atoms with Crippen LogP contribution in [0.4, 0.5) is 10.1 Å². The highest BCUT2D eigenvalue weighted by atomic mass is 32.1. The van der Waals surface area contributed by atoms with Crippen molar-refractivity contribution in [3.05, 3.63) is 114 Å². The third-order valence-corrected chi connectivity index (χ3v) is 7.33. The Balaban J connectivity index is 1.38. The number of halogens is 1. The minimum Gasteiger partial charge on any atom is -0.508 e. The van der Waals surface area contributed by atoms with Crippen molar-refractivity contribution < 1.29 is 19.7 Å². The maximum absolute atomic E-state index is 13.2. The first-order chi connectivity index (χ1) is 18.4. The predicted octanol–water partition coefficient (Wildman–Crippen LogP) is 6.61. The van der Waals surface area contributed by atoms with Gasteiger partial charge in [-0.1, -0.05) is 54.6 Å². The fourth-order valence-electron chi connectivity index (χ4n) is 5.09. The van der Waals surface area contributed by atoms with Crippen molar-refractivity contribution in [3.8, 4) is 22.6 Å². The molecule has 0 bridgehead atoms. The molecule has 38 heavy (non-hydrogen) atoms. The van der Waals surface area contributed by atoms with Crippen molar-refractivity contribution in [2.75, 3.05) is 4.90 Å². The first-order valence-corrected chi connectivity index (χ1v) is 13.0. The van der Waals surface area contributed by atoms with Crippen LogP contribution in [0.25, 0.3) is 11.1 Å². The van der Waals surface area contributed by atoms with Crippen LogP contribution in [0.2, 0.25) is 0 Å². The Morgan fingerprint density at radius 3 is 2.24 bits per heavy atom. The molecule has 1 aliphatic heterocycles. The molecule has 1 fully saturated rings. The molecule has 0 saturated carbocycles. The molecule has 1 saturated heterocycles. The van der Waals surface area contributed by atoms with Gasteiger partial charge in [0.1, 0.15) is 17.3 Å². The molecule has 3 atom stereocenters. The highest BCUT2D eigenvalue weighted by Gasteiger charge is 2.40. The van der Waals surface area contributed by atoms with E-state index in [4.69, 9.17) is 12.2 Å². The predicted molar refractivity (Wildman–Crippen MR) is 152 cm³/mol. The van der Waals surface area contributed by atoms with Crippen LogP contribution in [0.15, 0.2) is 97.1 Å². The maximum atomic E-state index is 13.2. The summed E-state index contributed by atoms with van der Waals surface area (Å²) in [6, 6.07) is 28.3.